The number of nitro benzene ring substituents is 1. The zero-order chi connectivity index (χ0) is 19.3. The van der Waals surface area contributed by atoms with E-state index in [4.69, 9.17) is 39.5 Å². The van der Waals surface area contributed by atoms with E-state index >= 15 is 0 Å². The molecule has 0 aliphatic heterocycles. The van der Waals surface area contributed by atoms with Gasteiger partial charge in [0, 0.05) is 23.4 Å². The van der Waals surface area contributed by atoms with Crippen LogP contribution in [0.4, 0.5) is 11.4 Å². The average molecular weight is 419 g/mol. The summed E-state index contributed by atoms with van der Waals surface area (Å²) in [5.74, 6) is 0.00708. The van der Waals surface area contributed by atoms with Gasteiger partial charge in [0.2, 0.25) is 3.79 Å². The number of ether oxygens (including phenoxy) is 1. The molecular formula is C16H14Cl3N3O4. The molecule has 2 aromatic carbocycles. The van der Waals surface area contributed by atoms with Crippen LogP contribution in [0.5, 0.6) is 5.75 Å². The molecule has 0 fully saturated rings. The molecule has 26 heavy (non-hydrogen) atoms. The average Bonchev–Trinajstić information content (AvgIpc) is 2.61. The van der Waals surface area contributed by atoms with Crippen LogP contribution in [0, 0.1) is 10.1 Å². The van der Waals surface area contributed by atoms with Gasteiger partial charge < -0.3 is 15.4 Å². The summed E-state index contributed by atoms with van der Waals surface area (Å²) in [4.78, 5) is 22.6. The molecule has 1 amide bonds. The maximum atomic E-state index is 12.4. The molecule has 0 saturated heterocycles. The minimum atomic E-state index is -1.88. The normalized spacial score (nSPS) is 12.2. The first-order valence-corrected chi connectivity index (χ1v) is 8.36. The topological polar surface area (TPSA) is 93.5 Å². The van der Waals surface area contributed by atoms with Gasteiger partial charge in [-0.1, -0.05) is 40.9 Å². The number of nitro groups is 1. The standard InChI is InChI=1S/C16H14Cl3N3O4/c1-26-13-7-5-11(6-8-13)20-15(16(17,18)19)21-14(23)10-3-2-4-12(9-10)22(24)25/h2-9,15,20H,1H3,(H,21,23)/t15-/m1/s1. The molecule has 0 bridgehead atoms. The minimum Gasteiger partial charge on any atom is -0.497 e. The number of halogens is 3. The number of methoxy groups -OCH3 is 1. The number of benzene rings is 2. The molecule has 138 valence electrons. The molecule has 0 aliphatic rings. The number of anilines is 1. The van der Waals surface area contributed by atoms with Gasteiger partial charge in [0.05, 0.1) is 12.0 Å². The van der Waals surface area contributed by atoms with Gasteiger partial charge in [0.15, 0.2) is 0 Å². The number of nitrogens with zero attached hydrogens (tertiary/aromatic N) is 1. The van der Waals surface area contributed by atoms with Crippen LogP contribution in [0.1, 0.15) is 10.4 Å². The maximum Gasteiger partial charge on any atom is 0.270 e. The number of amides is 1. The second kappa shape index (κ2) is 8.44. The SMILES string of the molecule is COc1ccc(N[C@H](NC(=O)c2cccc([N+](=O)[O-])c2)C(Cl)(Cl)Cl)cc1. The van der Waals surface area contributed by atoms with Crippen LogP contribution in [0.2, 0.25) is 0 Å². The van der Waals surface area contributed by atoms with Crippen LogP contribution in [-0.4, -0.2) is 27.9 Å². The fourth-order valence-corrected chi connectivity index (χ4v) is 2.36. The van der Waals surface area contributed by atoms with Crippen molar-refractivity contribution >= 4 is 52.1 Å². The summed E-state index contributed by atoms with van der Waals surface area (Å²) in [6.45, 7) is 0. The molecule has 2 rings (SSSR count). The smallest absolute Gasteiger partial charge is 0.270 e. The van der Waals surface area contributed by atoms with E-state index in [1.165, 1.54) is 25.3 Å². The fraction of sp³-hybridized carbons (Fsp3) is 0.188. The van der Waals surface area contributed by atoms with E-state index in [1.807, 2.05) is 0 Å². The maximum absolute atomic E-state index is 12.4. The highest BCUT2D eigenvalue weighted by Crippen LogP contribution is 2.31. The summed E-state index contributed by atoms with van der Waals surface area (Å²) >= 11 is 17.8. The predicted octanol–water partition coefficient (Wildman–Crippen LogP) is 4.14. The van der Waals surface area contributed by atoms with Crippen molar-refractivity contribution in [3.63, 3.8) is 0 Å². The van der Waals surface area contributed by atoms with Gasteiger partial charge in [0.25, 0.3) is 11.6 Å². The van der Waals surface area contributed by atoms with Crippen LogP contribution in [0.15, 0.2) is 48.5 Å². The van der Waals surface area contributed by atoms with Crippen molar-refractivity contribution < 1.29 is 14.5 Å². The van der Waals surface area contributed by atoms with Crippen molar-refractivity contribution in [2.24, 2.45) is 0 Å². The summed E-state index contributed by atoms with van der Waals surface area (Å²) in [7, 11) is 1.53. The number of nitrogens with one attached hydrogen (secondary N) is 2. The monoisotopic (exact) mass is 417 g/mol. The molecule has 0 aromatic heterocycles. The Morgan fingerprint density at radius 2 is 1.85 bits per heavy atom. The number of non-ortho nitro benzene ring substituents is 1. The molecule has 1 atom stereocenters. The van der Waals surface area contributed by atoms with E-state index in [-0.39, 0.29) is 11.3 Å². The van der Waals surface area contributed by atoms with Crippen molar-refractivity contribution in [2.75, 3.05) is 12.4 Å². The van der Waals surface area contributed by atoms with Crippen LogP contribution in [-0.2, 0) is 0 Å². The Kier molecular flexibility index (Phi) is 6.52. The number of hydrogen-bond acceptors (Lipinski definition) is 5. The van der Waals surface area contributed by atoms with E-state index in [9.17, 15) is 14.9 Å². The number of hydrogen-bond donors (Lipinski definition) is 2. The number of rotatable bonds is 6. The van der Waals surface area contributed by atoms with Crippen LogP contribution in [0.25, 0.3) is 0 Å². The molecule has 7 nitrogen and oxygen atoms in total. The van der Waals surface area contributed by atoms with Gasteiger partial charge in [-0.2, -0.15) is 0 Å². The number of carbonyl (C=O) groups is 1. The Bertz CT molecular complexity index is 794. The molecule has 10 heteroatoms. The lowest BCUT2D eigenvalue weighted by Gasteiger charge is -2.27. The van der Waals surface area contributed by atoms with Crippen LogP contribution in [0.3, 0.4) is 0 Å². The molecule has 0 unspecified atom stereocenters. The molecule has 0 heterocycles. The molecule has 0 saturated carbocycles. The summed E-state index contributed by atoms with van der Waals surface area (Å²) in [5, 5.41) is 16.2. The molecule has 2 aromatic rings. The fourth-order valence-electron chi connectivity index (χ4n) is 2.03. The third-order valence-corrected chi connectivity index (χ3v) is 3.98. The largest absolute Gasteiger partial charge is 0.497 e. The lowest BCUT2D eigenvalue weighted by Crippen LogP contribution is -2.49. The van der Waals surface area contributed by atoms with Gasteiger partial charge in [-0.25, -0.2) is 0 Å². The first-order chi connectivity index (χ1) is 12.2. The van der Waals surface area contributed by atoms with E-state index in [0.717, 1.165) is 6.07 Å². The quantitative estimate of drug-likeness (QED) is 0.318. The Morgan fingerprint density at radius 3 is 2.38 bits per heavy atom. The van der Waals surface area contributed by atoms with Crippen molar-refractivity contribution in [2.45, 2.75) is 9.96 Å². The molecule has 0 spiro atoms. The van der Waals surface area contributed by atoms with Gasteiger partial charge >= 0.3 is 0 Å². The Labute approximate surface area is 164 Å². The van der Waals surface area contributed by atoms with Crippen LogP contribution >= 0.6 is 34.8 Å². The number of carbonyl (C=O) groups excluding carboxylic acids is 1. The van der Waals surface area contributed by atoms with E-state index < -0.39 is 20.8 Å². The Morgan fingerprint density at radius 1 is 1.19 bits per heavy atom. The van der Waals surface area contributed by atoms with Crippen molar-refractivity contribution in [1.29, 1.82) is 0 Å². The van der Waals surface area contributed by atoms with E-state index in [2.05, 4.69) is 10.6 Å². The van der Waals surface area contributed by atoms with E-state index in [0.29, 0.717) is 11.4 Å². The highest BCUT2D eigenvalue weighted by molar-refractivity contribution is 6.68. The second-order valence-electron chi connectivity index (χ2n) is 5.13. The van der Waals surface area contributed by atoms with Gasteiger partial charge in [0.1, 0.15) is 11.9 Å². The zero-order valence-corrected chi connectivity index (χ0v) is 15.7. The van der Waals surface area contributed by atoms with Crippen molar-refractivity contribution in [3.8, 4) is 5.75 Å². The summed E-state index contributed by atoms with van der Waals surface area (Å²) in [6, 6.07) is 12.0. The molecule has 2 N–H and O–H groups in total. The zero-order valence-electron chi connectivity index (χ0n) is 13.4. The highest BCUT2D eigenvalue weighted by atomic mass is 35.6. The highest BCUT2D eigenvalue weighted by Gasteiger charge is 2.34. The Hall–Kier alpha value is -2.22. The van der Waals surface area contributed by atoms with Gasteiger partial charge in [-0.3, -0.25) is 14.9 Å². The van der Waals surface area contributed by atoms with Crippen LogP contribution < -0.4 is 15.4 Å². The summed E-state index contributed by atoms with van der Waals surface area (Å²) in [6.07, 6.45) is -1.09. The van der Waals surface area contributed by atoms with Crippen molar-refractivity contribution in [1.82, 2.24) is 5.32 Å². The first-order valence-electron chi connectivity index (χ1n) is 7.23. The van der Waals surface area contributed by atoms with E-state index in [1.54, 1.807) is 24.3 Å². The molecular weight excluding hydrogens is 405 g/mol. The third kappa shape index (κ3) is 5.39. The summed E-state index contributed by atoms with van der Waals surface area (Å²) < 4.78 is 3.18. The lowest BCUT2D eigenvalue weighted by molar-refractivity contribution is -0.384. The molecule has 0 aliphatic carbocycles. The second-order valence-corrected chi connectivity index (χ2v) is 7.50. The lowest BCUT2D eigenvalue weighted by atomic mass is 10.2. The van der Waals surface area contributed by atoms with Gasteiger partial charge in [-0.15, -0.1) is 0 Å². The number of alkyl halides is 3. The van der Waals surface area contributed by atoms with Gasteiger partial charge in [-0.05, 0) is 30.3 Å². The Balaban J connectivity index is 2.18. The summed E-state index contributed by atoms with van der Waals surface area (Å²) in [5.41, 5.74) is 0.419. The molecule has 0 radical (unpaired) electrons. The first kappa shape index (κ1) is 20.1. The van der Waals surface area contributed by atoms with Crippen molar-refractivity contribution in [3.05, 3.63) is 64.2 Å². The predicted molar refractivity (Wildman–Crippen MR) is 101 cm³/mol. The third-order valence-electron chi connectivity index (χ3n) is 3.32. The minimum absolute atomic E-state index is 0.0648.